The number of halogens is 2. The van der Waals surface area contributed by atoms with Crippen molar-refractivity contribution in [1.82, 2.24) is 5.32 Å². The van der Waals surface area contributed by atoms with Crippen molar-refractivity contribution in [3.05, 3.63) is 38.9 Å². The number of hydrogen-bond donors (Lipinski definition) is 2. The van der Waals surface area contributed by atoms with Crippen LogP contribution in [0, 0.1) is 16.0 Å². The number of amides is 1. The first-order valence-corrected chi connectivity index (χ1v) is 6.35. The van der Waals surface area contributed by atoms with Crippen molar-refractivity contribution < 1.29 is 9.72 Å². The highest BCUT2D eigenvalue weighted by Gasteiger charge is 2.32. The Morgan fingerprint density at radius 1 is 1.55 bits per heavy atom. The zero-order chi connectivity index (χ0) is 14.0. The molecule has 0 aromatic heterocycles. The smallest absolute Gasteiger partial charge is 0.283 e. The van der Waals surface area contributed by atoms with Crippen molar-refractivity contribution in [2.24, 2.45) is 11.7 Å². The fourth-order valence-corrected chi connectivity index (χ4v) is 2.13. The lowest BCUT2D eigenvalue weighted by molar-refractivity contribution is -0.385. The van der Waals surface area contributed by atoms with Crippen molar-refractivity contribution in [3.8, 4) is 0 Å². The number of carbonyl (C=O) groups is 1. The van der Waals surface area contributed by atoms with E-state index in [0.717, 1.165) is 12.8 Å². The Morgan fingerprint density at radius 3 is 2.70 bits per heavy atom. The van der Waals surface area contributed by atoms with Gasteiger partial charge in [-0.2, -0.15) is 0 Å². The Labute approximate surface area is 127 Å². The van der Waals surface area contributed by atoms with Gasteiger partial charge in [0, 0.05) is 23.7 Å². The molecule has 1 aliphatic rings. The summed E-state index contributed by atoms with van der Waals surface area (Å²) in [5.41, 5.74) is 5.31. The molecule has 20 heavy (non-hydrogen) atoms. The summed E-state index contributed by atoms with van der Waals surface area (Å²) in [5.74, 6) is -0.0916. The number of carbonyl (C=O) groups excluding carboxylic acids is 1. The lowest BCUT2D eigenvalue weighted by Gasteiger charge is -2.15. The van der Waals surface area contributed by atoms with Crippen molar-refractivity contribution >= 4 is 35.6 Å². The molecular formula is C12H15Cl2N3O3. The van der Waals surface area contributed by atoms with Gasteiger partial charge in [-0.15, -0.1) is 12.4 Å². The molecule has 0 saturated heterocycles. The molecule has 0 heterocycles. The van der Waals surface area contributed by atoms with Gasteiger partial charge < -0.3 is 11.1 Å². The zero-order valence-electron chi connectivity index (χ0n) is 10.5. The first kappa shape index (κ1) is 16.7. The first-order valence-electron chi connectivity index (χ1n) is 5.97. The summed E-state index contributed by atoms with van der Waals surface area (Å²) in [5, 5.41) is 13.9. The molecule has 1 aliphatic carbocycles. The minimum Gasteiger partial charge on any atom is -0.348 e. The SMILES string of the molecule is Cl.NCC(NC(=O)c1ccc(Cl)cc1[N+](=O)[O-])C1CC1. The minimum atomic E-state index is -0.616. The minimum absolute atomic E-state index is 0. The Kier molecular flexibility index (Phi) is 5.74. The van der Waals surface area contributed by atoms with Crippen LogP contribution in [0.25, 0.3) is 0 Å². The van der Waals surface area contributed by atoms with E-state index in [1.54, 1.807) is 0 Å². The number of nitro benzene ring substituents is 1. The summed E-state index contributed by atoms with van der Waals surface area (Å²) >= 11 is 5.70. The molecule has 0 aliphatic heterocycles. The third-order valence-electron chi connectivity index (χ3n) is 3.16. The Morgan fingerprint density at radius 2 is 2.20 bits per heavy atom. The molecule has 1 aromatic carbocycles. The molecule has 1 aromatic rings. The van der Waals surface area contributed by atoms with Crippen LogP contribution in [0.4, 0.5) is 5.69 Å². The van der Waals surface area contributed by atoms with Crippen LogP contribution in [0.15, 0.2) is 18.2 Å². The van der Waals surface area contributed by atoms with Crippen LogP contribution in [0.3, 0.4) is 0 Å². The summed E-state index contributed by atoms with van der Waals surface area (Å²) in [7, 11) is 0. The largest absolute Gasteiger partial charge is 0.348 e. The highest BCUT2D eigenvalue weighted by molar-refractivity contribution is 6.31. The molecule has 0 radical (unpaired) electrons. The molecule has 2 rings (SSSR count). The molecule has 1 saturated carbocycles. The molecule has 1 amide bonds. The van der Waals surface area contributed by atoms with E-state index in [0.29, 0.717) is 12.5 Å². The van der Waals surface area contributed by atoms with Gasteiger partial charge in [0.25, 0.3) is 11.6 Å². The number of benzene rings is 1. The number of hydrogen-bond acceptors (Lipinski definition) is 4. The third-order valence-corrected chi connectivity index (χ3v) is 3.40. The summed E-state index contributed by atoms with van der Waals surface area (Å²) in [6.07, 6.45) is 2.07. The molecular weight excluding hydrogens is 305 g/mol. The lowest BCUT2D eigenvalue weighted by atomic mass is 10.1. The van der Waals surface area contributed by atoms with Gasteiger partial charge in [-0.25, -0.2) is 0 Å². The van der Waals surface area contributed by atoms with Crippen LogP contribution in [0.2, 0.25) is 5.02 Å². The van der Waals surface area contributed by atoms with Crippen molar-refractivity contribution in [2.75, 3.05) is 6.54 Å². The van der Waals surface area contributed by atoms with E-state index in [9.17, 15) is 14.9 Å². The van der Waals surface area contributed by atoms with Gasteiger partial charge in [0.1, 0.15) is 5.56 Å². The Bertz CT molecular complexity index is 521. The third kappa shape index (κ3) is 3.82. The second-order valence-corrected chi connectivity index (χ2v) is 5.01. The fourth-order valence-electron chi connectivity index (χ4n) is 1.96. The summed E-state index contributed by atoms with van der Waals surface area (Å²) in [6.45, 7) is 0.331. The van der Waals surface area contributed by atoms with Crippen LogP contribution in [0.5, 0.6) is 0 Å². The van der Waals surface area contributed by atoms with E-state index in [1.807, 2.05) is 0 Å². The molecule has 110 valence electrons. The van der Waals surface area contributed by atoms with Crippen LogP contribution >= 0.6 is 24.0 Å². The van der Waals surface area contributed by atoms with Crippen molar-refractivity contribution in [3.63, 3.8) is 0 Å². The maximum atomic E-state index is 12.1. The van der Waals surface area contributed by atoms with Crippen LogP contribution in [-0.4, -0.2) is 23.4 Å². The lowest BCUT2D eigenvalue weighted by Crippen LogP contribution is -2.41. The highest BCUT2D eigenvalue weighted by Crippen LogP contribution is 2.32. The molecule has 1 atom stereocenters. The maximum absolute atomic E-state index is 12.1. The predicted molar refractivity (Wildman–Crippen MR) is 78.4 cm³/mol. The second-order valence-electron chi connectivity index (χ2n) is 4.57. The van der Waals surface area contributed by atoms with Crippen LogP contribution < -0.4 is 11.1 Å². The van der Waals surface area contributed by atoms with E-state index < -0.39 is 10.8 Å². The molecule has 6 nitrogen and oxygen atoms in total. The number of nitro groups is 1. The van der Waals surface area contributed by atoms with E-state index >= 15 is 0 Å². The average Bonchev–Trinajstić information content (AvgIpc) is 3.19. The van der Waals surface area contributed by atoms with Gasteiger partial charge in [-0.1, -0.05) is 11.6 Å². The van der Waals surface area contributed by atoms with Gasteiger partial charge in [0.05, 0.1) is 4.92 Å². The van der Waals surface area contributed by atoms with Crippen LogP contribution in [0.1, 0.15) is 23.2 Å². The molecule has 1 unspecified atom stereocenters. The van der Waals surface area contributed by atoms with Gasteiger partial charge >= 0.3 is 0 Å². The summed E-state index contributed by atoms with van der Waals surface area (Å²) in [6, 6.07) is 3.86. The Balaban J connectivity index is 0.00000200. The predicted octanol–water partition coefficient (Wildman–Crippen LogP) is 2.14. The zero-order valence-corrected chi connectivity index (χ0v) is 12.1. The van der Waals surface area contributed by atoms with Gasteiger partial charge in [0.15, 0.2) is 0 Å². The molecule has 8 heteroatoms. The van der Waals surface area contributed by atoms with Gasteiger partial charge in [-0.3, -0.25) is 14.9 Å². The average molecular weight is 320 g/mol. The number of rotatable bonds is 5. The summed E-state index contributed by atoms with van der Waals surface area (Å²) < 4.78 is 0. The molecule has 0 bridgehead atoms. The molecule has 3 N–H and O–H groups in total. The number of nitrogens with two attached hydrogens (primary N) is 1. The fraction of sp³-hybridized carbons (Fsp3) is 0.417. The topological polar surface area (TPSA) is 98.3 Å². The molecule has 1 fully saturated rings. The van der Waals surface area contributed by atoms with E-state index in [-0.39, 0.29) is 34.7 Å². The van der Waals surface area contributed by atoms with Crippen molar-refractivity contribution in [2.45, 2.75) is 18.9 Å². The first-order chi connectivity index (χ1) is 9.02. The standard InChI is InChI=1S/C12H14ClN3O3.ClH/c13-8-3-4-9(11(5-8)16(18)19)12(17)15-10(6-14)7-1-2-7;/h3-5,7,10H,1-2,6,14H2,(H,15,17);1H. The maximum Gasteiger partial charge on any atom is 0.283 e. The van der Waals surface area contributed by atoms with E-state index in [4.69, 9.17) is 17.3 Å². The van der Waals surface area contributed by atoms with E-state index in [1.165, 1.54) is 18.2 Å². The number of nitrogens with zero attached hydrogens (tertiary/aromatic N) is 1. The number of nitrogens with one attached hydrogen (secondary N) is 1. The quantitative estimate of drug-likeness (QED) is 0.641. The van der Waals surface area contributed by atoms with E-state index in [2.05, 4.69) is 5.32 Å². The normalized spacial score (nSPS) is 15.1. The summed E-state index contributed by atoms with van der Waals surface area (Å²) in [4.78, 5) is 22.4. The molecule has 0 spiro atoms. The second kappa shape index (κ2) is 6.88. The monoisotopic (exact) mass is 319 g/mol. The Hall–Kier alpha value is -1.37. The van der Waals surface area contributed by atoms with Gasteiger partial charge in [-0.05, 0) is 30.9 Å². The van der Waals surface area contributed by atoms with Crippen LogP contribution in [-0.2, 0) is 0 Å². The van der Waals surface area contributed by atoms with Gasteiger partial charge in [0.2, 0.25) is 0 Å². The highest BCUT2D eigenvalue weighted by atomic mass is 35.5. The van der Waals surface area contributed by atoms with Crippen molar-refractivity contribution in [1.29, 1.82) is 0 Å².